The average molecular weight is 168 g/mol. The molecule has 0 amide bonds. The summed E-state index contributed by atoms with van der Waals surface area (Å²) in [5.41, 5.74) is 1.10. The summed E-state index contributed by atoms with van der Waals surface area (Å²) in [5, 5.41) is 8.84. The second-order valence-corrected chi connectivity index (χ2v) is 3.67. The van der Waals surface area contributed by atoms with Crippen molar-refractivity contribution >= 4 is 5.78 Å². The molecule has 0 radical (unpaired) electrons. The largest absolute Gasteiger partial charge is 0.396 e. The molecule has 0 aromatic rings. The third-order valence-electron chi connectivity index (χ3n) is 2.68. The molecule has 1 N–H and O–H groups in total. The number of carbonyl (C=O) groups excluding carboxylic acids is 1. The third kappa shape index (κ3) is 1.95. The van der Waals surface area contributed by atoms with Crippen molar-refractivity contribution in [3.63, 3.8) is 0 Å². The van der Waals surface area contributed by atoms with Gasteiger partial charge in [-0.1, -0.05) is 12.2 Å². The first kappa shape index (κ1) is 9.46. The zero-order valence-corrected chi connectivity index (χ0v) is 7.55. The van der Waals surface area contributed by atoms with Crippen molar-refractivity contribution in [3.05, 3.63) is 12.2 Å². The lowest BCUT2D eigenvalue weighted by atomic mass is 9.79. The molecule has 0 spiro atoms. The molecule has 1 rings (SSSR count). The van der Waals surface area contributed by atoms with Gasteiger partial charge in [0.15, 0.2) is 0 Å². The molecule has 0 aromatic heterocycles. The Kier molecular flexibility index (Phi) is 3.04. The lowest BCUT2D eigenvalue weighted by Gasteiger charge is -2.26. The van der Waals surface area contributed by atoms with Gasteiger partial charge in [-0.3, -0.25) is 4.79 Å². The van der Waals surface area contributed by atoms with E-state index < -0.39 is 0 Å². The van der Waals surface area contributed by atoms with Crippen molar-refractivity contribution in [1.82, 2.24) is 0 Å². The molecule has 0 aromatic carbocycles. The normalized spacial score (nSPS) is 30.3. The molecular weight excluding hydrogens is 152 g/mol. The number of hydrogen-bond donors (Lipinski definition) is 1. The molecule has 2 heteroatoms. The molecule has 2 atom stereocenters. The molecule has 1 fully saturated rings. The molecule has 0 heterocycles. The zero-order valence-electron chi connectivity index (χ0n) is 7.55. The van der Waals surface area contributed by atoms with Gasteiger partial charge in [-0.2, -0.15) is 0 Å². The molecule has 0 saturated heterocycles. The van der Waals surface area contributed by atoms with E-state index in [0.29, 0.717) is 12.3 Å². The topological polar surface area (TPSA) is 37.3 Å². The number of carbonyl (C=O) groups is 1. The fourth-order valence-electron chi connectivity index (χ4n) is 1.69. The van der Waals surface area contributed by atoms with Crippen LogP contribution < -0.4 is 0 Å². The van der Waals surface area contributed by atoms with E-state index in [1.54, 1.807) is 0 Å². The SMILES string of the molecule is C=C(C)C1CCC(CO)C(=O)C1. The van der Waals surface area contributed by atoms with Gasteiger partial charge in [0, 0.05) is 12.3 Å². The molecule has 2 unspecified atom stereocenters. The highest BCUT2D eigenvalue weighted by molar-refractivity contribution is 5.82. The van der Waals surface area contributed by atoms with Crippen LogP contribution in [-0.2, 0) is 4.79 Å². The van der Waals surface area contributed by atoms with Crippen LogP contribution in [0.2, 0.25) is 0 Å². The molecule has 2 nitrogen and oxygen atoms in total. The minimum atomic E-state index is -0.0967. The van der Waals surface area contributed by atoms with Crippen LogP contribution in [0.5, 0.6) is 0 Å². The molecule has 1 saturated carbocycles. The number of rotatable bonds is 2. The van der Waals surface area contributed by atoms with E-state index in [-0.39, 0.29) is 18.3 Å². The van der Waals surface area contributed by atoms with Gasteiger partial charge >= 0.3 is 0 Å². The van der Waals surface area contributed by atoms with E-state index in [1.807, 2.05) is 6.92 Å². The molecule has 12 heavy (non-hydrogen) atoms. The fraction of sp³-hybridized carbons (Fsp3) is 0.700. The molecule has 68 valence electrons. The van der Waals surface area contributed by atoms with Crippen LogP contribution in [0.4, 0.5) is 0 Å². The first-order valence-electron chi connectivity index (χ1n) is 4.44. The van der Waals surface area contributed by atoms with Gasteiger partial charge in [0.2, 0.25) is 0 Å². The van der Waals surface area contributed by atoms with Gasteiger partial charge in [0.25, 0.3) is 0 Å². The van der Waals surface area contributed by atoms with Crippen LogP contribution in [0, 0.1) is 11.8 Å². The number of aliphatic hydroxyl groups excluding tert-OH is 1. The van der Waals surface area contributed by atoms with Gasteiger partial charge in [-0.05, 0) is 25.7 Å². The Bertz CT molecular complexity index is 196. The molecule has 1 aliphatic carbocycles. The quantitative estimate of drug-likeness (QED) is 0.635. The van der Waals surface area contributed by atoms with Crippen LogP contribution in [0.1, 0.15) is 26.2 Å². The van der Waals surface area contributed by atoms with Gasteiger partial charge in [0.05, 0.1) is 6.61 Å². The summed E-state index contributed by atoms with van der Waals surface area (Å²) < 4.78 is 0. The minimum absolute atomic E-state index is 0.0156. The van der Waals surface area contributed by atoms with Gasteiger partial charge in [0.1, 0.15) is 5.78 Å². The van der Waals surface area contributed by atoms with Gasteiger partial charge in [-0.15, -0.1) is 0 Å². The maximum Gasteiger partial charge on any atom is 0.138 e. The molecule has 0 bridgehead atoms. The summed E-state index contributed by atoms with van der Waals surface area (Å²) in [7, 11) is 0. The lowest BCUT2D eigenvalue weighted by Crippen LogP contribution is -2.27. The summed E-state index contributed by atoms with van der Waals surface area (Å²) in [4.78, 5) is 11.3. The monoisotopic (exact) mass is 168 g/mol. The second-order valence-electron chi connectivity index (χ2n) is 3.67. The van der Waals surface area contributed by atoms with Gasteiger partial charge < -0.3 is 5.11 Å². The van der Waals surface area contributed by atoms with E-state index in [1.165, 1.54) is 0 Å². The zero-order chi connectivity index (χ0) is 9.14. The van der Waals surface area contributed by atoms with E-state index >= 15 is 0 Å². The van der Waals surface area contributed by atoms with Crippen LogP contribution in [-0.4, -0.2) is 17.5 Å². The minimum Gasteiger partial charge on any atom is -0.396 e. The van der Waals surface area contributed by atoms with Crippen molar-refractivity contribution in [1.29, 1.82) is 0 Å². The first-order chi connectivity index (χ1) is 5.65. The summed E-state index contributed by atoms with van der Waals surface area (Å²) in [6.07, 6.45) is 2.42. The van der Waals surface area contributed by atoms with Crippen LogP contribution >= 0.6 is 0 Å². The highest BCUT2D eigenvalue weighted by atomic mass is 16.3. The Balaban J connectivity index is 2.52. The summed E-state index contributed by atoms with van der Waals surface area (Å²) in [5.74, 6) is 0.470. The Hall–Kier alpha value is -0.630. The standard InChI is InChI=1S/C10H16O2/c1-7(2)8-3-4-9(6-11)10(12)5-8/h8-9,11H,1,3-6H2,2H3. The molecule has 1 aliphatic rings. The van der Waals surface area contributed by atoms with E-state index in [0.717, 1.165) is 18.4 Å². The number of allylic oxidation sites excluding steroid dienone is 1. The number of Topliss-reactive ketones (excluding diaryl/α,β-unsaturated/α-hetero) is 1. The third-order valence-corrected chi connectivity index (χ3v) is 2.68. The Morgan fingerprint density at radius 2 is 2.33 bits per heavy atom. The predicted molar refractivity (Wildman–Crippen MR) is 47.7 cm³/mol. The lowest BCUT2D eigenvalue weighted by molar-refractivity contribution is -0.126. The summed E-state index contributed by atoms with van der Waals surface area (Å²) in [6.45, 7) is 5.83. The maximum absolute atomic E-state index is 11.3. The first-order valence-corrected chi connectivity index (χ1v) is 4.44. The van der Waals surface area contributed by atoms with Crippen LogP contribution in [0.15, 0.2) is 12.2 Å². The van der Waals surface area contributed by atoms with Crippen molar-refractivity contribution in [2.24, 2.45) is 11.8 Å². The Labute approximate surface area is 73.3 Å². The predicted octanol–water partition coefficient (Wildman–Crippen LogP) is 1.54. The number of ketones is 1. The van der Waals surface area contributed by atoms with Crippen molar-refractivity contribution in [2.75, 3.05) is 6.61 Å². The highest BCUT2D eigenvalue weighted by Gasteiger charge is 2.27. The Morgan fingerprint density at radius 3 is 2.75 bits per heavy atom. The Morgan fingerprint density at radius 1 is 1.67 bits per heavy atom. The van der Waals surface area contributed by atoms with E-state index in [9.17, 15) is 4.79 Å². The fourth-order valence-corrected chi connectivity index (χ4v) is 1.69. The van der Waals surface area contributed by atoms with Gasteiger partial charge in [-0.25, -0.2) is 0 Å². The average Bonchev–Trinajstić information content (AvgIpc) is 2.04. The van der Waals surface area contributed by atoms with Crippen molar-refractivity contribution < 1.29 is 9.90 Å². The van der Waals surface area contributed by atoms with E-state index in [4.69, 9.17) is 5.11 Å². The van der Waals surface area contributed by atoms with Crippen LogP contribution in [0.25, 0.3) is 0 Å². The maximum atomic E-state index is 11.3. The summed E-state index contributed by atoms with van der Waals surface area (Å²) in [6, 6.07) is 0. The van der Waals surface area contributed by atoms with E-state index in [2.05, 4.69) is 6.58 Å². The highest BCUT2D eigenvalue weighted by Crippen LogP contribution is 2.29. The second kappa shape index (κ2) is 3.85. The number of hydrogen-bond acceptors (Lipinski definition) is 2. The van der Waals surface area contributed by atoms with Crippen molar-refractivity contribution in [2.45, 2.75) is 26.2 Å². The van der Waals surface area contributed by atoms with Crippen molar-refractivity contribution in [3.8, 4) is 0 Å². The summed E-state index contributed by atoms with van der Waals surface area (Å²) >= 11 is 0. The molecule has 0 aliphatic heterocycles. The van der Waals surface area contributed by atoms with Crippen LogP contribution in [0.3, 0.4) is 0 Å². The molecular formula is C10H16O2. The number of aliphatic hydroxyl groups is 1. The smallest absolute Gasteiger partial charge is 0.138 e.